The van der Waals surface area contributed by atoms with Crippen molar-refractivity contribution in [2.75, 3.05) is 30.9 Å². The second-order valence-corrected chi connectivity index (χ2v) is 10.8. The number of thiophene rings is 1. The van der Waals surface area contributed by atoms with Crippen LogP contribution < -0.4 is 19.1 Å². The number of carbonyl (C=O) groups is 1. The summed E-state index contributed by atoms with van der Waals surface area (Å²) in [5.41, 5.74) is 1.10. The second-order valence-electron chi connectivity index (χ2n) is 7.28. The number of rotatable bonds is 7. The van der Waals surface area contributed by atoms with E-state index in [0.29, 0.717) is 32.8 Å². The normalized spacial score (nSPS) is 11.3. The molecule has 0 aliphatic rings. The van der Waals surface area contributed by atoms with Crippen molar-refractivity contribution in [1.29, 1.82) is 0 Å². The molecule has 0 bridgehead atoms. The van der Waals surface area contributed by atoms with Crippen LogP contribution in [-0.4, -0.2) is 35.6 Å². The molecule has 0 atom stereocenters. The Morgan fingerprint density at radius 1 is 0.941 bits per heavy atom. The Hall–Kier alpha value is -3.27. The van der Waals surface area contributed by atoms with Crippen molar-refractivity contribution in [1.82, 2.24) is 0 Å². The van der Waals surface area contributed by atoms with Gasteiger partial charge in [0.15, 0.2) is 11.5 Å². The van der Waals surface area contributed by atoms with Crippen LogP contribution in [0.5, 0.6) is 11.5 Å². The number of nitrogens with zero attached hydrogens (tertiary/aromatic N) is 1. The highest BCUT2D eigenvalue weighted by Crippen LogP contribution is 2.34. The smallest absolute Gasteiger partial charge is 0.265 e. The third-order valence-corrected chi connectivity index (χ3v) is 8.35. The van der Waals surface area contributed by atoms with Crippen LogP contribution >= 0.6 is 22.9 Å². The monoisotopic (exact) mass is 516 g/mol. The number of fused-ring (bicyclic) bond motifs is 1. The first-order valence-corrected chi connectivity index (χ1v) is 12.7. The Labute approximate surface area is 206 Å². The minimum atomic E-state index is -3.86. The maximum absolute atomic E-state index is 13.2. The Bertz CT molecular complexity index is 1470. The van der Waals surface area contributed by atoms with E-state index in [1.165, 1.54) is 49.0 Å². The SMILES string of the molecule is COc1ccc(S(=O)(=O)N(C)c2ccc3sc(C(=O)Nc4ccc(Cl)cc4)cc3c2)cc1OC. The van der Waals surface area contributed by atoms with Crippen molar-refractivity contribution in [3.8, 4) is 11.5 Å². The molecule has 0 fully saturated rings. The van der Waals surface area contributed by atoms with Gasteiger partial charge in [0, 0.05) is 28.5 Å². The summed E-state index contributed by atoms with van der Waals surface area (Å²) in [4.78, 5) is 13.3. The van der Waals surface area contributed by atoms with Gasteiger partial charge in [-0.15, -0.1) is 11.3 Å². The molecule has 7 nitrogen and oxygen atoms in total. The van der Waals surface area contributed by atoms with Crippen LogP contribution in [0.25, 0.3) is 10.1 Å². The van der Waals surface area contributed by atoms with E-state index in [-0.39, 0.29) is 10.8 Å². The molecule has 0 spiro atoms. The van der Waals surface area contributed by atoms with Crippen LogP contribution in [0.2, 0.25) is 5.02 Å². The van der Waals surface area contributed by atoms with Crippen molar-refractivity contribution in [2.45, 2.75) is 4.90 Å². The number of amides is 1. The van der Waals surface area contributed by atoms with E-state index in [0.717, 1.165) is 10.1 Å². The van der Waals surface area contributed by atoms with Gasteiger partial charge in [-0.2, -0.15) is 0 Å². The van der Waals surface area contributed by atoms with Gasteiger partial charge in [0.1, 0.15) is 0 Å². The lowest BCUT2D eigenvalue weighted by molar-refractivity contribution is 0.103. The van der Waals surface area contributed by atoms with E-state index >= 15 is 0 Å². The number of hydrogen-bond donors (Lipinski definition) is 1. The number of anilines is 2. The van der Waals surface area contributed by atoms with Crippen LogP contribution in [0, 0.1) is 0 Å². The predicted molar refractivity (Wildman–Crippen MR) is 136 cm³/mol. The summed E-state index contributed by atoms with van der Waals surface area (Å²) in [6, 6.07) is 18.3. The predicted octanol–water partition coefficient (Wildman–Crippen LogP) is 5.65. The molecule has 0 aliphatic heterocycles. The molecule has 3 aromatic carbocycles. The fourth-order valence-corrected chi connectivity index (χ4v) is 5.61. The van der Waals surface area contributed by atoms with Crippen molar-refractivity contribution in [2.24, 2.45) is 0 Å². The third kappa shape index (κ3) is 4.68. The van der Waals surface area contributed by atoms with Gasteiger partial charge in [-0.05, 0) is 66.0 Å². The maximum Gasteiger partial charge on any atom is 0.265 e. The highest BCUT2D eigenvalue weighted by Gasteiger charge is 2.23. The number of halogens is 1. The number of carbonyl (C=O) groups excluding carboxylic acids is 1. The summed E-state index contributed by atoms with van der Waals surface area (Å²) in [6.45, 7) is 0. The first kappa shape index (κ1) is 23.9. The number of nitrogens with one attached hydrogen (secondary N) is 1. The molecular formula is C24H21ClN2O5S2. The summed E-state index contributed by atoms with van der Waals surface area (Å²) in [5, 5.41) is 4.18. The molecule has 4 rings (SSSR count). The minimum Gasteiger partial charge on any atom is -0.493 e. The molecule has 4 aromatic rings. The van der Waals surface area contributed by atoms with Crippen LogP contribution in [0.4, 0.5) is 11.4 Å². The van der Waals surface area contributed by atoms with Gasteiger partial charge in [-0.25, -0.2) is 8.42 Å². The van der Waals surface area contributed by atoms with Crippen LogP contribution in [-0.2, 0) is 10.0 Å². The van der Waals surface area contributed by atoms with Crippen molar-refractivity contribution < 1.29 is 22.7 Å². The summed E-state index contributed by atoms with van der Waals surface area (Å²) < 4.78 is 39.0. The molecule has 0 radical (unpaired) electrons. The molecule has 1 N–H and O–H groups in total. The quantitative estimate of drug-likeness (QED) is 0.343. The average molecular weight is 517 g/mol. The van der Waals surface area contributed by atoms with E-state index in [1.54, 1.807) is 54.6 Å². The molecule has 1 aromatic heterocycles. The zero-order valence-corrected chi connectivity index (χ0v) is 20.9. The zero-order valence-electron chi connectivity index (χ0n) is 18.5. The Kier molecular flexibility index (Phi) is 6.70. The van der Waals surface area contributed by atoms with Gasteiger partial charge < -0.3 is 14.8 Å². The van der Waals surface area contributed by atoms with Gasteiger partial charge in [0.2, 0.25) is 0 Å². The Morgan fingerprint density at radius 3 is 2.32 bits per heavy atom. The average Bonchev–Trinajstić information content (AvgIpc) is 3.28. The van der Waals surface area contributed by atoms with E-state index in [9.17, 15) is 13.2 Å². The van der Waals surface area contributed by atoms with Crippen molar-refractivity contribution in [3.05, 3.63) is 76.6 Å². The van der Waals surface area contributed by atoms with Crippen LogP contribution in [0.1, 0.15) is 9.67 Å². The fraction of sp³-hybridized carbons (Fsp3) is 0.125. The van der Waals surface area contributed by atoms with E-state index < -0.39 is 10.0 Å². The van der Waals surface area contributed by atoms with Gasteiger partial charge >= 0.3 is 0 Å². The number of benzene rings is 3. The van der Waals surface area contributed by atoms with E-state index in [2.05, 4.69) is 5.32 Å². The summed E-state index contributed by atoms with van der Waals surface area (Å²) in [7, 11) is 0.551. The summed E-state index contributed by atoms with van der Waals surface area (Å²) in [6.07, 6.45) is 0. The molecule has 1 heterocycles. The minimum absolute atomic E-state index is 0.0705. The molecule has 176 valence electrons. The lowest BCUT2D eigenvalue weighted by atomic mass is 10.2. The third-order valence-electron chi connectivity index (χ3n) is 5.20. The van der Waals surface area contributed by atoms with Crippen molar-refractivity contribution >= 4 is 60.3 Å². The molecule has 0 saturated heterocycles. The molecule has 0 aliphatic carbocycles. The van der Waals surface area contributed by atoms with E-state index in [4.69, 9.17) is 21.1 Å². The number of ether oxygens (including phenoxy) is 2. The van der Waals surface area contributed by atoms with E-state index in [1.807, 2.05) is 0 Å². The van der Waals surface area contributed by atoms with Gasteiger partial charge in [-0.1, -0.05) is 11.6 Å². The Balaban J connectivity index is 1.61. The topological polar surface area (TPSA) is 84.9 Å². The standard InChI is InChI=1S/C24H21ClN2O5S2/c1-27(34(29,30)19-9-10-20(31-2)21(14-19)32-3)18-8-11-22-15(12-18)13-23(33-22)24(28)26-17-6-4-16(25)5-7-17/h4-14H,1-3H3,(H,26,28). The largest absolute Gasteiger partial charge is 0.493 e. The summed E-state index contributed by atoms with van der Waals surface area (Å²) in [5.74, 6) is 0.506. The van der Waals surface area contributed by atoms with Gasteiger partial charge in [0.05, 0.1) is 29.7 Å². The first-order valence-electron chi connectivity index (χ1n) is 10.0. The molecule has 1 amide bonds. The first-order chi connectivity index (χ1) is 16.2. The molecular weight excluding hydrogens is 496 g/mol. The second kappa shape index (κ2) is 9.54. The maximum atomic E-state index is 13.2. The molecule has 0 saturated carbocycles. The van der Waals surface area contributed by atoms with Crippen LogP contribution in [0.3, 0.4) is 0 Å². The highest BCUT2D eigenvalue weighted by atomic mass is 35.5. The molecule has 10 heteroatoms. The highest BCUT2D eigenvalue weighted by molar-refractivity contribution is 7.92. The van der Waals surface area contributed by atoms with Gasteiger partial charge in [-0.3, -0.25) is 9.10 Å². The van der Waals surface area contributed by atoms with Crippen molar-refractivity contribution in [3.63, 3.8) is 0 Å². The van der Waals surface area contributed by atoms with Gasteiger partial charge in [0.25, 0.3) is 15.9 Å². The molecule has 0 unspecified atom stereocenters. The lowest BCUT2D eigenvalue weighted by Crippen LogP contribution is -2.26. The number of sulfonamides is 1. The Morgan fingerprint density at radius 2 is 1.65 bits per heavy atom. The number of hydrogen-bond acceptors (Lipinski definition) is 6. The summed E-state index contributed by atoms with van der Waals surface area (Å²) >= 11 is 7.21. The zero-order chi connectivity index (χ0) is 24.5. The molecule has 34 heavy (non-hydrogen) atoms. The number of methoxy groups -OCH3 is 2. The lowest BCUT2D eigenvalue weighted by Gasteiger charge is -2.20. The van der Waals surface area contributed by atoms with Crippen LogP contribution in [0.15, 0.2) is 71.6 Å². The fourth-order valence-electron chi connectivity index (χ4n) is 3.34.